The van der Waals surface area contributed by atoms with Crippen molar-refractivity contribution in [3.05, 3.63) is 77.4 Å². The van der Waals surface area contributed by atoms with E-state index in [1.807, 2.05) is 30.3 Å². The van der Waals surface area contributed by atoms with Crippen LogP contribution in [0.15, 0.2) is 54.6 Å². The molecule has 9 heteroatoms. The number of hydrogen-bond acceptors (Lipinski definition) is 5. The molecule has 2 aromatic carbocycles. The molecule has 2 aromatic rings. The highest BCUT2D eigenvalue weighted by atomic mass is 19.1. The van der Waals surface area contributed by atoms with Crippen LogP contribution >= 0.6 is 0 Å². The van der Waals surface area contributed by atoms with Gasteiger partial charge in [-0.3, -0.25) is 19.3 Å². The summed E-state index contributed by atoms with van der Waals surface area (Å²) in [5, 5.41) is 13.2. The fourth-order valence-electron chi connectivity index (χ4n) is 3.52. The van der Waals surface area contributed by atoms with Crippen LogP contribution in [0.1, 0.15) is 30.6 Å². The molecule has 7 nitrogen and oxygen atoms in total. The zero-order valence-corrected chi connectivity index (χ0v) is 17.3. The lowest BCUT2D eigenvalue weighted by molar-refractivity contribution is -0.157. The minimum atomic E-state index is -2.08. The Morgan fingerprint density at radius 2 is 1.75 bits per heavy atom. The van der Waals surface area contributed by atoms with Crippen LogP contribution in [0.3, 0.4) is 0 Å². The first-order valence-corrected chi connectivity index (χ1v) is 9.97. The summed E-state index contributed by atoms with van der Waals surface area (Å²) < 4.78 is 27.2. The number of carbonyl (C=O) groups excluding carboxylic acids is 3. The van der Waals surface area contributed by atoms with Gasteiger partial charge in [-0.25, -0.2) is 8.78 Å². The monoisotopic (exact) mass is 443 g/mol. The molecule has 0 radical (unpaired) electrons. The molecule has 1 aliphatic rings. The Morgan fingerprint density at radius 3 is 2.34 bits per heavy atom. The Kier molecular flexibility index (Phi) is 7.12. The number of nitrogens with zero attached hydrogens (tertiary/aromatic N) is 1. The van der Waals surface area contributed by atoms with Crippen LogP contribution in [-0.4, -0.2) is 46.4 Å². The number of aliphatic hydroxyl groups excluding tert-OH is 1. The zero-order valence-electron chi connectivity index (χ0n) is 17.3. The van der Waals surface area contributed by atoms with Gasteiger partial charge in [0.15, 0.2) is 6.10 Å². The summed E-state index contributed by atoms with van der Waals surface area (Å²) in [6, 6.07) is 8.75. The number of nitrogens with two attached hydrogens (primary N) is 1. The molecule has 0 saturated carbocycles. The summed E-state index contributed by atoms with van der Waals surface area (Å²) in [5.74, 6) is -4.73. The van der Waals surface area contributed by atoms with E-state index < -0.39 is 47.5 Å². The molecular formula is C23H23F2N3O4. The zero-order chi connectivity index (χ0) is 23.4. The lowest BCUT2D eigenvalue weighted by Crippen LogP contribution is -2.56. The Balaban J connectivity index is 2.00. The number of amides is 3. The highest BCUT2D eigenvalue weighted by molar-refractivity contribution is 6.04. The number of carbonyl (C=O) groups is 3. The largest absolute Gasteiger partial charge is 0.378 e. The lowest BCUT2D eigenvalue weighted by Gasteiger charge is -2.31. The van der Waals surface area contributed by atoms with Gasteiger partial charge in [-0.15, -0.1) is 0 Å². The first-order chi connectivity index (χ1) is 15.2. The van der Waals surface area contributed by atoms with Crippen molar-refractivity contribution < 1.29 is 28.3 Å². The van der Waals surface area contributed by atoms with E-state index >= 15 is 0 Å². The van der Waals surface area contributed by atoms with Crippen molar-refractivity contribution in [2.45, 2.75) is 31.5 Å². The van der Waals surface area contributed by atoms with Crippen molar-refractivity contribution in [3.8, 4) is 0 Å². The molecule has 32 heavy (non-hydrogen) atoms. The van der Waals surface area contributed by atoms with Gasteiger partial charge in [-0.1, -0.05) is 36.4 Å². The van der Waals surface area contributed by atoms with E-state index in [0.29, 0.717) is 16.5 Å². The van der Waals surface area contributed by atoms with Gasteiger partial charge in [0.25, 0.3) is 5.91 Å². The van der Waals surface area contributed by atoms with Crippen molar-refractivity contribution in [1.29, 1.82) is 0 Å². The molecule has 168 valence electrons. The van der Waals surface area contributed by atoms with Crippen molar-refractivity contribution in [1.82, 2.24) is 10.2 Å². The predicted molar refractivity (Wildman–Crippen MR) is 113 cm³/mol. The molecular weight excluding hydrogens is 420 g/mol. The van der Waals surface area contributed by atoms with Crippen LogP contribution in [0.4, 0.5) is 8.78 Å². The van der Waals surface area contributed by atoms with Crippen molar-refractivity contribution >= 4 is 23.3 Å². The average molecular weight is 443 g/mol. The van der Waals surface area contributed by atoms with Gasteiger partial charge >= 0.3 is 0 Å². The van der Waals surface area contributed by atoms with Gasteiger partial charge in [0.05, 0.1) is 6.04 Å². The maximum absolute atomic E-state index is 13.6. The minimum absolute atomic E-state index is 0.0235. The van der Waals surface area contributed by atoms with Crippen LogP contribution in [-0.2, 0) is 14.4 Å². The maximum Gasteiger partial charge on any atom is 0.263 e. The number of aliphatic hydroxyl groups is 1. The summed E-state index contributed by atoms with van der Waals surface area (Å²) in [6.45, 7) is 1.50. The molecule has 0 bridgehead atoms. The Labute approximate surface area is 183 Å². The van der Waals surface area contributed by atoms with Crippen molar-refractivity contribution in [2.24, 2.45) is 5.73 Å². The first kappa shape index (κ1) is 23.2. The Hall–Kier alpha value is -3.43. The van der Waals surface area contributed by atoms with E-state index in [1.54, 1.807) is 6.08 Å². The maximum atomic E-state index is 13.6. The Bertz CT molecular complexity index is 1040. The number of benzene rings is 2. The predicted octanol–water partition coefficient (Wildman–Crippen LogP) is 1.67. The van der Waals surface area contributed by atoms with Crippen LogP contribution in [0.5, 0.6) is 0 Å². The first-order valence-electron chi connectivity index (χ1n) is 9.97. The third-order valence-electron chi connectivity index (χ3n) is 5.10. The van der Waals surface area contributed by atoms with E-state index in [1.165, 1.54) is 6.92 Å². The molecule has 0 spiro atoms. The van der Waals surface area contributed by atoms with Crippen LogP contribution in [0, 0.1) is 11.6 Å². The van der Waals surface area contributed by atoms with E-state index in [-0.39, 0.29) is 18.5 Å². The van der Waals surface area contributed by atoms with E-state index in [9.17, 15) is 28.3 Å². The number of imide groups is 1. The SMILES string of the molecule is C[C@H](N)C(=O)N(C(=O)[C@@H](O)c1cc(F)cc(F)c1)[C@H]1CC(c2ccccc2)=CCNC1=O. The van der Waals surface area contributed by atoms with Gasteiger partial charge in [-0.05, 0) is 35.8 Å². The molecule has 0 fully saturated rings. The lowest BCUT2D eigenvalue weighted by atomic mass is 9.96. The molecule has 0 aliphatic carbocycles. The highest BCUT2D eigenvalue weighted by Gasteiger charge is 2.40. The number of hydrogen-bond donors (Lipinski definition) is 3. The standard InChI is InChI=1S/C23H23F2N3O4/c1-13(26)22(31)28(23(32)20(29)16-9-17(24)12-18(25)10-16)19-11-15(7-8-27-21(19)30)14-5-3-2-4-6-14/h2-7,9-10,12-13,19-20,29H,8,11,26H2,1H3,(H,27,30)/t13-,19-,20-/m0/s1. The number of nitrogens with one attached hydrogen (secondary N) is 1. The van der Waals surface area contributed by atoms with Gasteiger partial charge in [0, 0.05) is 19.0 Å². The summed E-state index contributed by atoms with van der Waals surface area (Å²) in [4.78, 5) is 39.4. The Morgan fingerprint density at radius 1 is 1.12 bits per heavy atom. The second kappa shape index (κ2) is 9.80. The summed E-state index contributed by atoms with van der Waals surface area (Å²) >= 11 is 0. The van der Waals surface area contributed by atoms with E-state index in [4.69, 9.17) is 5.73 Å². The van der Waals surface area contributed by atoms with Gasteiger partial charge in [0.2, 0.25) is 11.8 Å². The van der Waals surface area contributed by atoms with Crippen LogP contribution in [0.2, 0.25) is 0 Å². The summed E-state index contributed by atoms with van der Waals surface area (Å²) in [6.07, 6.45) is -0.336. The summed E-state index contributed by atoms with van der Waals surface area (Å²) in [7, 11) is 0. The normalized spacial score (nSPS) is 18.1. The fraction of sp³-hybridized carbons (Fsp3) is 0.261. The van der Waals surface area contributed by atoms with E-state index in [2.05, 4.69) is 5.32 Å². The molecule has 0 unspecified atom stereocenters. The van der Waals surface area contributed by atoms with Crippen LogP contribution < -0.4 is 11.1 Å². The smallest absolute Gasteiger partial charge is 0.263 e. The third kappa shape index (κ3) is 5.06. The third-order valence-corrected chi connectivity index (χ3v) is 5.10. The molecule has 4 N–H and O–H groups in total. The van der Waals surface area contributed by atoms with Gasteiger partial charge in [-0.2, -0.15) is 0 Å². The van der Waals surface area contributed by atoms with Crippen LogP contribution in [0.25, 0.3) is 5.57 Å². The highest BCUT2D eigenvalue weighted by Crippen LogP contribution is 2.27. The quantitative estimate of drug-likeness (QED) is 0.651. The second-order valence-corrected chi connectivity index (χ2v) is 7.50. The molecule has 3 rings (SSSR count). The second-order valence-electron chi connectivity index (χ2n) is 7.50. The molecule has 3 amide bonds. The van der Waals surface area contributed by atoms with Crippen molar-refractivity contribution in [3.63, 3.8) is 0 Å². The van der Waals surface area contributed by atoms with Gasteiger partial charge in [0.1, 0.15) is 17.7 Å². The number of halogens is 2. The average Bonchev–Trinajstić information content (AvgIpc) is 2.95. The van der Waals surface area contributed by atoms with Gasteiger partial charge < -0.3 is 16.2 Å². The fourth-order valence-corrected chi connectivity index (χ4v) is 3.52. The minimum Gasteiger partial charge on any atom is -0.378 e. The summed E-state index contributed by atoms with van der Waals surface area (Å²) in [5.41, 5.74) is 6.82. The molecule has 1 aliphatic heterocycles. The molecule has 3 atom stereocenters. The number of rotatable bonds is 5. The molecule has 0 aromatic heterocycles. The molecule has 0 saturated heterocycles. The topological polar surface area (TPSA) is 113 Å². The molecule has 1 heterocycles. The van der Waals surface area contributed by atoms with E-state index in [0.717, 1.165) is 17.7 Å². The van der Waals surface area contributed by atoms with Crippen molar-refractivity contribution in [2.75, 3.05) is 6.54 Å².